The van der Waals surface area contributed by atoms with E-state index in [1.807, 2.05) is 60.7 Å². The summed E-state index contributed by atoms with van der Waals surface area (Å²) in [6.45, 7) is 0. The Balaban J connectivity index is 1.83. The molecule has 0 unspecified atom stereocenters. The van der Waals surface area contributed by atoms with Crippen LogP contribution in [0.1, 0.15) is 22.3 Å². The van der Waals surface area contributed by atoms with E-state index in [9.17, 15) is 8.78 Å². The summed E-state index contributed by atoms with van der Waals surface area (Å²) in [5.41, 5.74) is 3.27. The average Bonchev–Trinajstić information content (AvgIpc) is 3.13. The van der Waals surface area contributed by atoms with Gasteiger partial charge < -0.3 is 0 Å². The summed E-state index contributed by atoms with van der Waals surface area (Å²) in [4.78, 5) is 0. The number of rotatable bonds is 4. The maximum atomic E-state index is 14.8. The van der Waals surface area contributed by atoms with Crippen LogP contribution in [0.4, 0.5) is 8.78 Å². The molecule has 0 spiro atoms. The molecule has 0 bridgehead atoms. The molecule has 0 N–H and O–H groups in total. The molecule has 4 aromatic rings. The molecule has 2 nitrogen and oxygen atoms in total. The Labute approximate surface area is 148 Å². The molecular formula is C20H14F2N2S. The quantitative estimate of drug-likeness (QED) is 0.507. The van der Waals surface area contributed by atoms with Gasteiger partial charge in [-0.05, 0) is 11.1 Å². The maximum absolute atomic E-state index is 14.8. The normalized spacial score (nSPS) is 11.1. The van der Waals surface area contributed by atoms with Crippen molar-refractivity contribution in [2.24, 2.45) is 0 Å². The fourth-order valence-electron chi connectivity index (χ4n) is 2.98. The summed E-state index contributed by atoms with van der Waals surface area (Å²) in [6, 6.07) is 18.9. The van der Waals surface area contributed by atoms with Crippen molar-refractivity contribution in [1.82, 2.24) is 8.75 Å². The molecule has 0 radical (unpaired) electrons. The van der Waals surface area contributed by atoms with Gasteiger partial charge in [0.05, 0.1) is 11.7 Å². The fourth-order valence-corrected chi connectivity index (χ4v) is 3.58. The lowest BCUT2D eigenvalue weighted by Crippen LogP contribution is -2.04. The summed E-state index contributed by atoms with van der Waals surface area (Å²) in [5, 5.41) is 0. The Morgan fingerprint density at radius 1 is 0.640 bits per heavy atom. The lowest BCUT2D eigenvalue weighted by Gasteiger charge is -2.10. The van der Waals surface area contributed by atoms with E-state index >= 15 is 0 Å². The van der Waals surface area contributed by atoms with Crippen LogP contribution in [-0.2, 0) is 12.8 Å². The molecule has 1 heterocycles. The summed E-state index contributed by atoms with van der Waals surface area (Å²) >= 11 is 0.986. The standard InChI is InChI=1S/C20H14F2N2S/c21-17-15(11-13-7-3-1-4-8-13)19-20(24-25-23-19)16(18(17)22)12-14-9-5-2-6-10-14/h1-10H,11-12H2. The van der Waals surface area contributed by atoms with Gasteiger partial charge in [0.25, 0.3) is 0 Å². The van der Waals surface area contributed by atoms with E-state index in [0.717, 1.165) is 22.9 Å². The van der Waals surface area contributed by atoms with Crippen LogP contribution >= 0.6 is 11.7 Å². The Hall–Kier alpha value is -2.66. The molecule has 0 saturated heterocycles. The number of hydrogen-bond donors (Lipinski definition) is 0. The number of halogens is 2. The lowest BCUT2D eigenvalue weighted by atomic mass is 9.97. The van der Waals surface area contributed by atoms with Gasteiger partial charge in [0, 0.05) is 24.0 Å². The van der Waals surface area contributed by atoms with Gasteiger partial charge in [0.2, 0.25) is 0 Å². The summed E-state index contributed by atoms with van der Waals surface area (Å²) in [5.74, 6) is -1.65. The Morgan fingerprint density at radius 3 is 1.44 bits per heavy atom. The molecule has 1 aromatic heterocycles. The van der Waals surface area contributed by atoms with E-state index in [1.165, 1.54) is 0 Å². The van der Waals surface area contributed by atoms with Gasteiger partial charge in [-0.3, -0.25) is 0 Å². The number of fused-ring (bicyclic) bond motifs is 1. The van der Waals surface area contributed by atoms with Gasteiger partial charge in [-0.15, -0.1) is 0 Å². The molecule has 0 aliphatic heterocycles. The van der Waals surface area contributed by atoms with Crippen molar-refractivity contribution in [2.75, 3.05) is 0 Å². The van der Waals surface area contributed by atoms with Crippen LogP contribution in [0.3, 0.4) is 0 Å². The molecule has 0 amide bonds. The molecule has 25 heavy (non-hydrogen) atoms. The van der Waals surface area contributed by atoms with Crippen molar-refractivity contribution in [2.45, 2.75) is 12.8 Å². The van der Waals surface area contributed by atoms with E-state index in [4.69, 9.17) is 0 Å². The zero-order valence-electron chi connectivity index (χ0n) is 13.2. The number of benzene rings is 3. The molecule has 124 valence electrons. The van der Waals surface area contributed by atoms with Crippen LogP contribution in [0, 0.1) is 11.6 Å². The first-order chi connectivity index (χ1) is 12.2. The van der Waals surface area contributed by atoms with Crippen molar-refractivity contribution in [3.8, 4) is 0 Å². The van der Waals surface area contributed by atoms with Gasteiger partial charge in [0.15, 0.2) is 11.6 Å². The van der Waals surface area contributed by atoms with Crippen molar-refractivity contribution in [3.05, 3.63) is 94.6 Å². The van der Waals surface area contributed by atoms with Crippen LogP contribution in [0.5, 0.6) is 0 Å². The van der Waals surface area contributed by atoms with E-state index in [0.29, 0.717) is 11.0 Å². The zero-order chi connectivity index (χ0) is 17.2. The second-order valence-corrected chi connectivity index (χ2v) is 6.40. The van der Waals surface area contributed by atoms with Crippen LogP contribution < -0.4 is 0 Å². The summed E-state index contributed by atoms with van der Waals surface area (Å²) in [7, 11) is 0. The highest BCUT2D eigenvalue weighted by molar-refractivity contribution is 7.00. The predicted molar refractivity (Wildman–Crippen MR) is 95.8 cm³/mol. The first-order valence-corrected chi connectivity index (χ1v) is 8.66. The highest BCUT2D eigenvalue weighted by atomic mass is 32.1. The largest absolute Gasteiger partial charge is 0.203 e. The number of aromatic nitrogens is 2. The first-order valence-electron chi connectivity index (χ1n) is 7.93. The average molecular weight is 352 g/mol. The SMILES string of the molecule is Fc1c(F)c(Cc2ccccc2)c2nsnc2c1Cc1ccccc1. The molecule has 0 aliphatic carbocycles. The second-order valence-electron chi connectivity index (χ2n) is 5.87. The van der Waals surface area contributed by atoms with E-state index in [-0.39, 0.29) is 24.0 Å². The third kappa shape index (κ3) is 3.03. The minimum atomic E-state index is -0.824. The second kappa shape index (κ2) is 6.69. The first kappa shape index (κ1) is 15.8. The molecule has 0 aliphatic rings. The molecule has 5 heteroatoms. The highest BCUT2D eigenvalue weighted by Crippen LogP contribution is 2.30. The molecule has 4 rings (SSSR count). The van der Waals surface area contributed by atoms with Gasteiger partial charge in [0.1, 0.15) is 11.0 Å². The summed E-state index contributed by atoms with van der Waals surface area (Å²) in [6.07, 6.45) is 0.578. The smallest absolute Gasteiger partial charge is 0.165 e. The predicted octanol–water partition coefficient (Wildman–Crippen LogP) is 5.15. The molecular weight excluding hydrogens is 338 g/mol. The number of nitrogens with zero attached hydrogens (tertiary/aromatic N) is 2. The van der Waals surface area contributed by atoms with Crippen molar-refractivity contribution < 1.29 is 8.78 Å². The maximum Gasteiger partial charge on any atom is 0.165 e. The van der Waals surface area contributed by atoms with Gasteiger partial charge in [-0.2, -0.15) is 8.75 Å². The fraction of sp³-hybridized carbons (Fsp3) is 0.100. The van der Waals surface area contributed by atoms with Crippen molar-refractivity contribution in [3.63, 3.8) is 0 Å². The topological polar surface area (TPSA) is 25.8 Å². The van der Waals surface area contributed by atoms with Gasteiger partial charge in [-0.1, -0.05) is 60.7 Å². The van der Waals surface area contributed by atoms with Crippen LogP contribution in [-0.4, -0.2) is 8.75 Å². The molecule has 0 fully saturated rings. The lowest BCUT2D eigenvalue weighted by molar-refractivity contribution is 0.496. The third-order valence-corrected chi connectivity index (χ3v) is 4.76. The summed E-state index contributed by atoms with van der Waals surface area (Å²) < 4.78 is 38.1. The van der Waals surface area contributed by atoms with Crippen molar-refractivity contribution in [1.29, 1.82) is 0 Å². The van der Waals surface area contributed by atoms with Crippen LogP contribution in [0.25, 0.3) is 11.0 Å². The van der Waals surface area contributed by atoms with E-state index in [1.54, 1.807) is 0 Å². The van der Waals surface area contributed by atoms with Crippen LogP contribution in [0.2, 0.25) is 0 Å². The minimum Gasteiger partial charge on any atom is -0.203 e. The van der Waals surface area contributed by atoms with Gasteiger partial charge in [-0.25, -0.2) is 8.78 Å². The molecule has 0 saturated carbocycles. The highest BCUT2D eigenvalue weighted by Gasteiger charge is 2.23. The zero-order valence-corrected chi connectivity index (χ0v) is 14.1. The molecule has 3 aromatic carbocycles. The van der Waals surface area contributed by atoms with E-state index < -0.39 is 11.6 Å². The number of hydrogen-bond acceptors (Lipinski definition) is 3. The van der Waals surface area contributed by atoms with Crippen LogP contribution in [0.15, 0.2) is 60.7 Å². The minimum absolute atomic E-state index is 0.268. The van der Waals surface area contributed by atoms with Crippen molar-refractivity contribution >= 4 is 22.8 Å². The Bertz CT molecular complexity index is 933. The van der Waals surface area contributed by atoms with Gasteiger partial charge >= 0.3 is 0 Å². The Morgan fingerprint density at radius 2 is 1.04 bits per heavy atom. The molecule has 0 atom stereocenters. The monoisotopic (exact) mass is 352 g/mol. The third-order valence-electron chi connectivity index (χ3n) is 4.23. The van der Waals surface area contributed by atoms with E-state index in [2.05, 4.69) is 8.75 Å². The Kier molecular flexibility index (Phi) is 4.24.